The first-order valence-corrected chi connectivity index (χ1v) is 9.31. The van der Waals surface area contributed by atoms with Crippen LogP contribution in [0.4, 0.5) is 0 Å². The van der Waals surface area contributed by atoms with Gasteiger partial charge in [-0.2, -0.15) is 0 Å². The molecule has 0 aromatic carbocycles. The number of thiophene rings is 1. The lowest BCUT2D eigenvalue weighted by Crippen LogP contribution is -2.35. The number of nitrogens with two attached hydrogens (primary N) is 1. The fourth-order valence-corrected chi connectivity index (χ4v) is 5.70. The molecular formula is C13H20N2O2S2. The van der Waals surface area contributed by atoms with Crippen molar-refractivity contribution >= 4 is 21.4 Å². The Bertz CT molecular complexity index is 527. The molecule has 2 N–H and O–H groups in total. The van der Waals surface area contributed by atoms with E-state index in [2.05, 4.69) is 0 Å². The Hall–Kier alpha value is -0.430. The van der Waals surface area contributed by atoms with Gasteiger partial charge in [0.15, 0.2) is 0 Å². The van der Waals surface area contributed by atoms with Gasteiger partial charge in [-0.05, 0) is 42.5 Å². The van der Waals surface area contributed by atoms with Crippen LogP contribution in [-0.4, -0.2) is 37.6 Å². The van der Waals surface area contributed by atoms with Gasteiger partial charge in [0.1, 0.15) is 0 Å². The normalized spacial score (nSPS) is 31.7. The molecule has 1 aromatic heterocycles. The Morgan fingerprint density at radius 2 is 2.21 bits per heavy atom. The number of aryl methyl sites for hydroxylation is 1. The van der Waals surface area contributed by atoms with Gasteiger partial charge in [-0.15, -0.1) is 11.3 Å². The topological polar surface area (TPSA) is 63.4 Å². The van der Waals surface area contributed by atoms with Crippen molar-refractivity contribution in [1.29, 1.82) is 0 Å². The van der Waals surface area contributed by atoms with Crippen molar-refractivity contribution < 1.29 is 8.42 Å². The summed E-state index contributed by atoms with van der Waals surface area (Å²) in [6, 6.07) is 4.16. The molecule has 0 bridgehead atoms. The number of hydrogen-bond acceptors (Lipinski definition) is 4. The van der Waals surface area contributed by atoms with Gasteiger partial charge in [0.25, 0.3) is 0 Å². The number of fused-ring (bicyclic) bond motifs is 1. The van der Waals surface area contributed by atoms with Crippen molar-refractivity contribution in [3.8, 4) is 0 Å². The smallest absolute Gasteiger partial charge is 0.214 e. The SMILES string of the molecule is NC1CCC2CN(S(=O)(=O)CCc3cccs3)CC12. The van der Waals surface area contributed by atoms with E-state index >= 15 is 0 Å². The summed E-state index contributed by atoms with van der Waals surface area (Å²) in [4.78, 5) is 1.14. The molecule has 0 radical (unpaired) electrons. The van der Waals surface area contributed by atoms with Crippen LogP contribution in [-0.2, 0) is 16.4 Å². The van der Waals surface area contributed by atoms with E-state index in [0.717, 1.165) is 17.7 Å². The van der Waals surface area contributed by atoms with Crippen LogP contribution in [0.15, 0.2) is 17.5 Å². The third-order valence-corrected chi connectivity index (χ3v) is 7.20. The molecule has 1 aromatic rings. The maximum atomic E-state index is 12.4. The van der Waals surface area contributed by atoms with Gasteiger partial charge in [0.2, 0.25) is 10.0 Å². The second kappa shape index (κ2) is 5.16. The highest BCUT2D eigenvalue weighted by Crippen LogP contribution is 2.38. The number of rotatable bonds is 4. The summed E-state index contributed by atoms with van der Waals surface area (Å²) in [6.45, 7) is 1.32. The maximum Gasteiger partial charge on any atom is 0.214 e. The zero-order valence-electron chi connectivity index (χ0n) is 10.9. The molecule has 1 saturated carbocycles. The molecule has 3 atom stereocenters. The quantitative estimate of drug-likeness (QED) is 0.911. The van der Waals surface area contributed by atoms with E-state index in [1.807, 2.05) is 17.5 Å². The Balaban J connectivity index is 1.62. The van der Waals surface area contributed by atoms with Crippen molar-refractivity contribution in [3.05, 3.63) is 22.4 Å². The summed E-state index contributed by atoms with van der Waals surface area (Å²) in [5, 5.41) is 1.99. The Labute approximate surface area is 118 Å². The van der Waals surface area contributed by atoms with E-state index in [-0.39, 0.29) is 11.8 Å². The molecule has 19 heavy (non-hydrogen) atoms. The molecule has 0 spiro atoms. The minimum Gasteiger partial charge on any atom is -0.327 e. The van der Waals surface area contributed by atoms with Gasteiger partial charge in [-0.25, -0.2) is 12.7 Å². The minimum absolute atomic E-state index is 0.197. The van der Waals surface area contributed by atoms with Crippen LogP contribution < -0.4 is 5.73 Å². The molecule has 6 heteroatoms. The fourth-order valence-electron chi connectivity index (χ4n) is 3.31. The lowest BCUT2D eigenvalue weighted by atomic mass is 9.98. The number of hydrogen-bond donors (Lipinski definition) is 1. The lowest BCUT2D eigenvalue weighted by molar-refractivity contribution is 0.427. The predicted octanol–water partition coefficient (Wildman–Crippen LogP) is 1.29. The first-order chi connectivity index (χ1) is 9.06. The summed E-state index contributed by atoms with van der Waals surface area (Å²) in [7, 11) is -3.12. The van der Waals surface area contributed by atoms with Crippen LogP contribution in [0.2, 0.25) is 0 Å². The van der Waals surface area contributed by atoms with Crippen LogP contribution in [0.1, 0.15) is 17.7 Å². The van der Waals surface area contributed by atoms with Crippen LogP contribution in [0.5, 0.6) is 0 Å². The monoisotopic (exact) mass is 300 g/mol. The highest BCUT2D eigenvalue weighted by Gasteiger charge is 2.44. The first kappa shape index (κ1) is 13.5. The molecule has 1 aliphatic heterocycles. The summed E-state index contributed by atoms with van der Waals surface area (Å²) in [5.74, 6) is 1.10. The summed E-state index contributed by atoms with van der Waals surface area (Å²) < 4.78 is 26.4. The largest absolute Gasteiger partial charge is 0.327 e. The minimum atomic E-state index is -3.12. The van der Waals surface area contributed by atoms with E-state index in [1.165, 1.54) is 0 Å². The molecule has 4 nitrogen and oxygen atoms in total. The van der Waals surface area contributed by atoms with Crippen LogP contribution in [0.3, 0.4) is 0 Å². The molecular weight excluding hydrogens is 280 g/mol. The van der Waals surface area contributed by atoms with Crippen LogP contribution >= 0.6 is 11.3 Å². The maximum absolute atomic E-state index is 12.4. The predicted molar refractivity (Wildman–Crippen MR) is 77.6 cm³/mol. The van der Waals surface area contributed by atoms with Crippen LogP contribution in [0, 0.1) is 11.8 Å². The summed E-state index contributed by atoms with van der Waals surface area (Å²) in [6.07, 6.45) is 2.76. The molecule has 2 aliphatic rings. The summed E-state index contributed by atoms with van der Waals surface area (Å²) >= 11 is 1.62. The van der Waals surface area contributed by atoms with E-state index < -0.39 is 10.0 Å². The Morgan fingerprint density at radius 3 is 2.89 bits per heavy atom. The van der Waals surface area contributed by atoms with Crippen molar-refractivity contribution in [1.82, 2.24) is 4.31 Å². The lowest BCUT2D eigenvalue weighted by Gasteiger charge is -2.18. The molecule has 3 unspecified atom stereocenters. The van der Waals surface area contributed by atoms with Gasteiger partial charge in [0, 0.05) is 24.0 Å². The molecule has 106 valence electrons. The van der Waals surface area contributed by atoms with Gasteiger partial charge < -0.3 is 5.73 Å². The molecule has 2 heterocycles. The zero-order valence-corrected chi connectivity index (χ0v) is 12.5. The van der Waals surface area contributed by atoms with Crippen LogP contribution in [0.25, 0.3) is 0 Å². The fraction of sp³-hybridized carbons (Fsp3) is 0.692. The first-order valence-electron chi connectivity index (χ1n) is 6.82. The Kier molecular flexibility index (Phi) is 3.68. The third-order valence-electron chi connectivity index (χ3n) is 4.46. The van der Waals surface area contributed by atoms with Crippen molar-refractivity contribution in [2.45, 2.75) is 25.3 Å². The van der Waals surface area contributed by atoms with E-state index in [0.29, 0.717) is 31.3 Å². The summed E-state index contributed by atoms with van der Waals surface area (Å²) in [5.41, 5.74) is 6.06. The average molecular weight is 300 g/mol. The van der Waals surface area contributed by atoms with E-state index in [9.17, 15) is 8.42 Å². The highest BCUT2D eigenvalue weighted by molar-refractivity contribution is 7.89. The molecule has 3 rings (SSSR count). The second-order valence-electron chi connectivity index (χ2n) is 5.63. The second-order valence-corrected chi connectivity index (χ2v) is 8.75. The molecule has 1 saturated heterocycles. The van der Waals surface area contributed by atoms with Crippen molar-refractivity contribution in [2.75, 3.05) is 18.8 Å². The van der Waals surface area contributed by atoms with Gasteiger partial charge in [-0.3, -0.25) is 0 Å². The van der Waals surface area contributed by atoms with Crippen molar-refractivity contribution in [3.63, 3.8) is 0 Å². The van der Waals surface area contributed by atoms with Gasteiger partial charge in [0.05, 0.1) is 5.75 Å². The van der Waals surface area contributed by atoms with Gasteiger partial charge in [-0.1, -0.05) is 6.07 Å². The molecule has 0 amide bonds. The highest BCUT2D eigenvalue weighted by atomic mass is 32.2. The number of sulfonamides is 1. The molecule has 1 aliphatic carbocycles. The van der Waals surface area contributed by atoms with E-state index in [1.54, 1.807) is 15.6 Å². The van der Waals surface area contributed by atoms with E-state index in [4.69, 9.17) is 5.73 Å². The zero-order chi connectivity index (χ0) is 13.5. The van der Waals surface area contributed by atoms with Gasteiger partial charge >= 0.3 is 0 Å². The Morgan fingerprint density at radius 1 is 1.37 bits per heavy atom. The van der Waals surface area contributed by atoms with Crippen molar-refractivity contribution in [2.24, 2.45) is 17.6 Å². The third kappa shape index (κ3) is 2.72. The standard InChI is InChI=1S/C13H20N2O2S2/c14-13-4-3-10-8-15(9-12(10)13)19(16,17)7-5-11-2-1-6-18-11/h1-2,6,10,12-13H,3-5,7-9,14H2. The average Bonchev–Trinajstić information content (AvgIpc) is 3.06. The number of nitrogens with zero attached hydrogens (tertiary/aromatic N) is 1. The molecule has 2 fully saturated rings.